The molecule has 0 heterocycles. The highest BCUT2D eigenvalue weighted by Gasteiger charge is 2.14. The van der Waals surface area contributed by atoms with Crippen LogP contribution in [0.4, 0.5) is 0 Å². The van der Waals surface area contributed by atoms with Gasteiger partial charge in [0, 0.05) is 11.1 Å². The van der Waals surface area contributed by atoms with Crippen molar-refractivity contribution >= 4 is 11.6 Å². The topological polar surface area (TPSA) is 18.5 Å². The Hall–Kier alpha value is -0.610. The lowest BCUT2D eigenvalue weighted by atomic mass is 10.0. The molecule has 0 bridgehead atoms. The minimum Gasteiger partial charge on any atom is -0.310 e. The third kappa shape index (κ3) is 7.28. The van der Waals surface area contributed by atoms with Crippen molar-refractivity contribution in [2.24, 2.45) is 0 Å². The molecule has 1 unspecified atom stereocenters. The van der Waals surface area contributed by atoms with Gasteiger partial charge in [-0.1, -0.05) is 36.7 Å². The van der Waals surface area contributed by atoms with Crippen molar-refractivity contribution in [1.82, 2.24) is 15.1 Å². The van der Waals surface area contributed by atoms with E-state index in [0.717, 1.165) is 37.6 Å². The van der Waals surface area contributed by atoms with Crippen molar-refractivity contribution in [1.29, 1.82) is 0 Å². The molecule has 0 fully saturated rings. The molecule has 120 valence electrons. The third-order valence-electron chi connectivity index (χ3n) is 3.68. The lowest BCUT2D eigenvalue weighted by molar-refractivity contribution is 0.284. The van der Waals surface area contributed by atoms with E-state index in [2.05, 4.69) is 55.3 Å². The summed E-state index contributed by atoms with van der Waals surface area (Å²) in [6, 6.07) is 8.48. The van der Waals surface area contributed by atoms with Crippen molar-refractivity contribution in [3.8, 4) is 0 Å². The van der Waals surface area contributed by atoms with Crippen LogP contribution in [0.5, 0.6) is 0 Å². The molecule has 4 heteroatoms. The zero-order valence-corrected chi connectivity index (χ0v) is 14.7. The number of hydrogen-bond donors (Lipinski definition) is 1. The van der Waals surface area contributed by atoms with Gasteiger partial charge in [0.15, 0.2) is 0 Å². The predicted octanol–water partition coefficient (Wildman–Crippen LogP) is 3.26. The van der Waals surface area contributed by atoms with Crippen molar-refractivity contribution in [2.75, 3.05) is 47.3 Å². The number of benzene rings is 1. The Morgan fingerprint density at radius 2 is 1.81 bits per heavy atom. The average molecular weight is 312 g/mol. The van der Waals surface area contributed by atoms with Gasteiger partial charge in [-0.15, -0.1) is 0 Å². The summed E-state index contributed by atoms with van der Waals surface area (Å²) in [6.07, 6.45) is 2.29. The van der Waals surface area contributed by atoms with Crippen molar-refractivity contribution in [3.63, 3.8) is 0 Å². The number of nitrogens with one attached hydrogen (secondary N) is 1. The monoisotopic (exact) mass is 311 g/mol. The first-order valence-electron chi connectivity index (χ1n) is 7.85. The van der Waals surface area contributed by atoms with E-state index >= 15 is 0 Å². The van der Waals surface area contributed by atoms with Crippen molar-refractivity contribution < 1.29 is 0 Å². The van der Waals surface area contributed by atoms with E-state index < -0.39 is 0 Å². The Kier molecular flexibility index (Phi) is 8.93. The summed E-state index contributed by atoms with van der Waals surface area (Å²) in [5.74, 6) is 0. The smallest absolute Gasteiger partial charge is 0.0453 e. The maximum absolute atomic E-state index is 6.33. The summed E-state index contributed by atoms with van der Waals surface area (Å²) >= 11 is 6.33. The number of rotatable bonds is 10. The summed E-state index contributed by atoms with van der Waals surface area (Å²) < 4.78 is 0. The van der Waals surface area contributed by atoms with Gasteiger partial charge in [0.1, 0.15) is 0 Å². The summed E-state index contributed by atoms with van der Waals surface area (Å²) in [5, 5.41) is 4.41. The SMILES string of the molecule is CCNC(CCN(C)CCCN(C)C)c1ccccc1Cl. The Bertz CT molecular complexity index is 395. The van der Waals surface area contributed by atoms with E-state index in [1.807, 2.05) is 12.1 Å². The predicted molar refractivity (Wildman–Crippen MR) is 93.2 cm³/mol. The van der Waals surface area contributed by atoms with Crippen LogP contribution in [0.2, 0.25) is 5.02 Å². The lowest BCUT2D eigenvalue weighted by Gasteiger charge is -2.24. The van der Waals surface area contributed by atoms with Gasteiger partial charge >= 0.3 is 0 Å². The summed E-state index contributed by atoms with van der Waals surface area (Å²) in [7, 11) is 6.45. The quantitative estimate of drug-likeness (QED) is 0.715. The Morgan fingerprint density at radius 1 is 1.10 bits per heavy atom. The fourth-order valence-electron chi connectivity index (χ4n) is 2.49. The molecule has 3 nitrogen and oxygen atoms in total. The first kappa shape index (κ1) is 18.4. The second-order valence-electron chi connectivity index (χ2n) is 5.88. The molecule has 1 rings (SSSR count). The molecule has 1 N–H and O–H groups in total. The molecule has 0 aromatic heterocycles. The highest BCUT2D eigenvalue weighted by Crippen LogP contribution is 2.25. The molecule has 0 radical (unpaired) electrons. The maximum atomic E-state index is 6.33. The maximum Gasteiger partial charge on any atom is 0.0453 e. The van der Waals surface area contributed by atoms with Gasteiger partial charge in [0.05, 0.1) is 0 Å². The molecule has 1 aromatic carbocycles. The van der Waals surface area contributed by atoms with Crippen LogP contribution in [-0.4, -0.2) is 57.1 Å². The highest BCUT2D eigenvalue weighted by molar-refractivity contribution is 6.31. The Morgan fingerprint density at radius 3 is 2.43 bits per heavy atom. The Balaban J connectivity index is 2.46. The van der Waals surface area contributed by atoms with Gasteiger partial charge in [-0.2, -0.15) is 0 Å². The fraction of sp³-hybridized carbons (Fsp3) is 0.647. The van der Waals surface area contributed by atoms with Gasteiger partial charge in [-0.25, -0.2) is 0 Å². The number of nitrogens with zero attached hydrogens (tertiary/aromatic N) is 2. The van der Waals surface area contributed by atoms with Crippen LogP contribution >= 0.6 is 11.6 Å². The van der Waals surface area contributed by atoms with Gasteiger partial charge < -0.3 is 15.1 Å². The van der Waals surface area contributed by atoms with Crippen LogP contribution in [0.1, 0.15) is 31.4 Å². The molecule has 0 aliphatic heterocycles. The molecule has 1 atom stereocenters. The number of hydrogen-bond acceptors (Lipinski definition) is 3. The number of halogens is 1. The average Bonchev–Trinajstić information content (AvgIpc) is 2.44. The molecule has 0 saturated heterocycles. The molecule has 21 heavy (non-hydrogen) atoms. The van der Waals surface area contributed by atoms with E-state index in [1.165, 1.54) is 12.0 Å². The van der Waals surface area contributed by atoms with Crippen LogP contribution in [0.3, 0.4) is 0 Å². The minimum atomic E-state index is 0.333. The van der Waals surface area contributed by atoms with E-state index in [1.54, 1.807) is 0 Å². The van der Waals surface area contributed by atoms with Crippen LogP contribution in [0.15, 0.2) is 24.3 Å². The Labute approximate surface area is 135 Å². The van der Waals surface area contributed by atoms with Crippen molar-refractivity contribution in [3.05, 3.63) is 34.9 Å². The van der Waals surface area contributed by atoms with Crippen LogP contribution in [-0.2, 0) is 0 Å². The molecule has 0 saturated carbocycles. The second-order valence-corrected chi connectivity index (χ2v) is 6.29. The summed E-state index contributed by atoms with van der Waals surface area (Å²) in [6.45, 7) is 6.46. The first-order valence-corrected chi connectivity index (χ1v) is 8.23. The van der Waals surface area contributed by atoms with E-state index in [9.17, 15) is 0 Å². The van der Waals surface area contributed by atoms with E-state index in [-0.39, 0.29) is 0 Å². The van der Waals surface area contributed by atoms with Crippen LogP contribution in [0, 0.1) is 0 Å². The minimum absolute atomic E-state index is 0.333. The normalized spacial score (nSPS) is 13.1. The van der Waals surface area contributed by atoms with Gasteiger partial charge in [-0.05, 0) is 71.8 Å². The van der Waals surface area contributed by atoms with Gasteiger partial charge in [-0.3, -0.25) is 0 Å². The molecule has 0 aliphatic carbocycles. The molecule has 1 aromatic rings. The zero-order chi connectivity index (χ0) is 15.7. The standard InChI is InChI=1S/C17H30ClN3/c1-5-19-17(15-9-6-7-10-16(15)18)11-14-21(4)13-8-12-20(2)3/h6-7,9-10,17,19H,5,8,11-14H2,1-4H3. The van der Waals surface area contributed by atoms with Crippen LogP contribution in [0.25, 0.3) is 0 Å². The third-order valence-corrected chi connectivity index (χ3v) is 4.02. The zero-order valence-electron chi connectivity index (χ0n) is 13.9. The molecule has 0 aliphatic rings. The van der Waals surface area contributed by atoms with E-state index in [4.69, 9.17) is 11.6 Å². The van der Waals surface area contributed by atoms with Gasteiger partial charge in [0.25, 0.3) is 0 Å². The molecular weight excluding hydrogens is 282 g/mol. The largest absolute Gasteiger partial charge is 0.310 e. The lowest BCUT2D eigenvalue weighted by Crippen LogP contribution is -2.29. The molecular formula is C17H30ClN3. The first-order chi connectivity index (χ1) is 10.0. The summed E-state index contributed by atoms with van der Waals surface area (Å²) in [4.78, 5) is 4.64. The molecule has 0 amide bonds. The summed E-state index contributed by atoms with van der Waals surface area (Å²) in [5.41, 5.74) is 1.21. The highest BCUT2D eigenvalue weighted by atomic mass is 35.5. The fourth-order valence-corrected chi connectivity index (χ4v) is 2.76. The van der Waals surface area contributed by atoms with Crippen LogP contribution < -0.4 is 5.32 Å². The van der Waals surface area contributed by atoms with Gasteiger partial charge in [0.2, 0.25) is 0 Å². The van der Waals surface area contributed by atoms with E-state index in [0.29, 0.717) is 6.04 Å². The molecule has 0 spiro atoms. The second kappa shape index (κ2) is 10.2. The van der Waals surface area contributed by atoms with Crippen molar-refractivity contribution in [2.45, 2.75) is 25.8 Å².